The van der Waals surface area contributed by atoms with Gasteiger partial charge < -0.3 is 4.74 Å². The largest absolute Gasteiger partial charge is 0.481 e. The molecule has 130 valence electrons. The van der Waals surface area contributed by atoms with Crippen LogP contribution < -0.4 is 15.0 Å². The molecule has 2 heterocycles. The van der Waals surface area contributed by atoms with Gasteiger partial charge in [-0.05, 0) is 24.3 Å². The van der Waals surface area contributed by atoms with Crippen molar-refractivity contribution in [1.82, 2.24) is 9.97 Å². The molecule has 0 atom stereocenters. The minimum atomic E-state index is -4.12. The average molecular weight is 384 g/mol. The van der Waals surface area contributed by atoms with Crippen molar-refractivity contribution in [3.8, 4) is 5.88 Å². The monoisotopic (exact) mass is 383 g/mol. The molecule has 0 saturated heterocycles. The van der Waals surface area contributed by atoms with Gasteiger partial charge in [0, 0.05) is 11.5 Å². The lowest BCUT2D eigenvalue weighted by atomic mass is 10.2. The van der Waals surface area contributed by atoms with Gasteiger partial charge in [0.1, 0.15) is 10.8 Å². The van der Waals surface area contributed by atoms with Gasteiger partial charge in [-0.2, -0.15) is 0 Å². The number of hydrogen-bond acceptors (Lipinski definition) is 5. The first-order valence-corrected chi connectivity index (χ1v) is 8.73. The molecular formula is C15H11ClFN3O4S. The summed E-state index contributed by atoms with van der Waals surface area (Å²) in [5.41, 5.74) is -0.877. The van der Waals surface area contributed by atoms with Crippen LogP contribution in [0, 0.1) is 5.82 Å². The molecule has 2 N–H and O–H groups in total. The van der Waals surface area contributed by atoms with Crippen LogP contribution in [0.5, 0.6) is 5.88 Å². The van der Waals surface area contributed by atoms with Gasteiger partial charge in [0.15, 0.2) is 5.82 Å². The molecular weight excluding hydrogens is 373 g/mol. The molecule has 10 heteroatoms. The number of nitrogens with one attached hydrogen (secondary N) is 2. The predicted octanol–water partition coefficient (Wildman–Crippen LogP) is 2.53. The number of benzene rings is 1. The van der Waals surface area contributed by atoms with Gasteiger partial charge in [-0.15, -0.1) is 0 Å². The molecule has 0 aliphatic rings. The maximum absolute atomic E-state index is 13.5. The van der Waals surface area contributed by atoms with Crippen LogP contribution in [0.3, 0.4) is 0 Å². The van der Waals surface area contributed by atoms with Crippen molar-refractivity contribution in [2.75, 3.05) is 11.8 Å². The average Bonchev–Trinajstić information content (AvgIpc) is 2.56. The van der Waals surface area contributed by atoms with Crippen molar-refractivity contribution in [2.45, 2.75) is 4.90 Å². The van der Waals surface area contributed by atoms with Crippen molar-refractivity contribution >= 4 is 38.2 Å². The number of nitrogens with zero attached hydrogens (tertiary/aromatic N) is 1. The first kappa shape index (κ1) is 17.2. The second-order valence-electron chi connectivity index (χ2n) is 4.96. The maximum atomic E-state index is 13.5. The summed E-state index contributed by atoms with van der Waals surface area (Å²) >= 11 is 5.82. The van der Waals surface area contributed by atoms with Crippen LogP contribution in [0.4, 0.5) is 10.1 Å². The fraction of sp³-hybridized carbons (Fsp3) is 0.0667. The van der Waals surface area contributed by atoms with Crippen LogP contribution in [-0.2, 0) is 10.0 Å². The quantitative estimate of drug-likeness (QED) is 0.674. The van der Waals surface area contributed by atoms with Crippen molar-refractivity contribution in [1.29, 1.82) is 0 Å². The van der Waals surface area contributed by atoms with Crippen LogP contribution in [0.1, 0.15) is 0 Å². The molecule has 0 amide bonds. The Morgan fingerprint density at radius 2 is 2.04 bits per heavy atom. The molecule has 7 nitrogen and oxygen atoms in total. The molecule has 3 aromatic rings. The zero-order valence-electron chi connectivity index (χ0n) is 12.7. The van der Waals surface area contributed by atoms with Crippen molar-refractivity contribution in [3.05, 3.63) is 57.7 Å². The highest BCUT2D eigenvalue weighted by Gasteiger charge is 2.21. The van der Waals surface area contributed by atoms with E-state index >= 15 is 0 Å². The highest BCUT2D eigenvalue weighted by Crippen LogP contribution is 2.28. The molecule has 25 heavy (non-hydrogen) atoms. The SMILES string of the molecule is COc1[nH]c(=O)c(F)cc1NS(=O)(=O)c1cccc2nc(Cl)ccc12. The number of H-pyrrole nitrogens is 1. The number of pyridine rings is 2. The second kappa shape index (κ2) is 6.34. The number of halogens is 2. The number of sulfonamides is 1. The molecule has 0 spiro atoms. The molecule has 0 radical (unpaired) electrons. The molecule has 0 unspecified atom stereocenters. The van der Waals surface area contributed by atoms with Crippen LogP contribution >= 0.6 is 11.6 Å². The number of aromatic nitrogens is 2. The van der Waals surface area contributed by atoms with Crippen molar-refractivity contribution in [2.24, 2.45) is 0 Å². The predicted molar refractivity (Wildman–Crippen MR) is 91.1 cm³/mol. The summed E-state index contributed by atoms with van der Waals surface area (Å²) in [6, 6.07) is 8.21. The zero-order chi connectivity index (χ0) is 18.2. The number of ether oxygens (including phenoxy) is 1. The molecule has 0 bridgehead atoms. The topological polar surface area (TPSA) is 101 Å². The van der Waals surface area contributed by atoms with Gasteiger partial charge in [-0.1, -0.05) is 17.7 Å². The molecule has 0 fully saturated rings. The summed E-state index contributed by atoms with van der Waals surface area (Å²) in [5.74, 6) is -1.36. The lowest BCUT2D eigenvalue weighted by molar-refractivity contribution is 0.396. The Morgan fingerprint density at radius 3 is 2.76 bits per heavy atom. The van der Waals surface area contributed by atoms with Crippen LogP contribution in [0.2, 0.25) is 5.15 Å². The molecule has 0 aliphatic carbocycles. The summed E-state index contributed by atoms with van der Waals surface area (Å²) in [6.45, 7) is 0. The number of fused-ring (bicyclic) bond motifs is 1. The summed E-state index contributed by atoms with van der Waals surface area (Å²) in [4.78, 5) is 17.4. The third-order valence-electron chi connectivity index (χ3n) is 3.36. The van der Waals surface area contributed by atoms with E-state index in [-0.39, 0.29) is 21.6 Å². The van der Waals surface area contributed by atoms with Gasteiger partial charge in [-0.3, -0.25) is 14.5 Å². The highest BCUT2D eigenvalue weighted by molar-refractivity contribution is 7.93. The summed E-state index contributed by atoms with van der Waals surface area (Å²) in [6.07, 6.45) is 0. The Bertz CT molecular complexity index is 1130. The standard InChI is InChI=1S/C15H11ClFN3O4S/c1-24-15-11(7-9(17)14(21)19-15)20-25(22,23)12-4-2-3-10-8(12)5-6-13(16)18-10/h2-7,20H,1H3,(H,19,21). The fourth-order valence-corrected chi connectivity index (χ4v) is 3.69. The van der Waals surface area contributed by atoms with E-state index in [1.807, 2.05) is 0 Å². The van der Waals surface area contributed by atoms with Gasteiger partial charge in [0.05, 0.1) is 17.5 Å². The Balaban J connectivity index is 2.13. The number of anilines is 1. The van der Waals surface area contributed by atoms with E-state index in [0.717, 1.165) is 6.07 Å². The minimum Gasteiger partial charge on any atom is -0.481 e. The number of aromatic amines is 1. The molecule has 3 rings (SSSR count). The van der Waals surface area contributed by atoms with E-state index in [9.17, 15) is 17.6 Å². The van der Waals surface area contributed by atoms with Crippen LogP contribution in [0.15, 0.2) is 46.1 Å². The van der Waals surface area contributed by atoms with E-state index in [4.69, 9.17) is 16.3 Å². The smallest absolute Gasteiger partial charge is 0.286 e. The molecule has 0 aliphatic heterocycles. The van der Waals surface area contributed by atoms with Crippen LogP contribution in [-0.4, -0.2) is 25.5 Å². The Morgan fingerprint density at radius 1 is 1.28 bits per heavy atom. The Labute approximate surface area is 146 Å². The third kappa shape index (κ3) is 3.28. The first-order valence-electron chi connectivity index (χ1n) is 6.87. The fourth-order valence-electron chi connectivity index (χ4n) is 2.26. The summed E-state index contributed by atoms with van der Waals surface area (Å²) < 4.78 is 46.1. The number of hydrogen-bond donors (Lipinski definition) is 2. The van der Waals surface area contributed by atoms with Gasteiger partial charge in [-0.25, -0.2) is 17.8 Å². The lowest BCUT2D eigenvalue weighted by Crippen LogP contribution is -2.18. The van der Waals surface area contributed by atoms with E-state index in [1.165, 1.54) is 31.4 Å². The third-order valence-corrected chi connectivity index (χ3v) is 4.99. The van der Waals surface area contributed by atoms with Crippen molar-refractivity contribution < 1.29 is 17.5 Å². The first-order chi connectivity index (χ1) is 11.8. The van der Waals surface area contributed by atoms with E-state index < -0.39 is 21.4 Å². The van der Waals surface area contributed by atoms with Gasteiger partial charge >= 0.3 is 0 Å². The number of methoxy groups -OCH3 is 1. The summed E-state index contributed by atoms with van der Waals surface area (Å²) in [5, 5.41) is 0.558. The van der Waals surface area contributed by atoms with E-state index in [0.29, 0.717) is 10.9 Å². The lowest BCUT2D eigenvalue weighted by Gasteiger charge is -2.13. The zero-order valence-corrected chi connectivity index (χ0v) is 14.3. The Hall–Kier alpha value is -2.65. The van der Waals surface area contributed by atoms with Gasteiger partial charge in [0.2, 0.25) is 5.88 Å². The van der Waals surface area contributed by atoms with Gasteiger partial charge in [0.25, 0.3) is 15.6 Å². The van der Waals surface area contributed by atoms with E-state index in [2.05, 4.69) is 14.7 Å². The number of rotatable bonds is 4. The summed E-state index contributed by atoms with van der Waals surface area (Å²) in [7, 11) is -2.90. The minimum absolute atomic E-state index is 0.0807. The van der Waals surface area contributed by atoms with Crippen LogP contribution in [0.25, 0.3) is 10.9 Å². The molecule has 1 aromatic carbocycles. The molecule has 0 saturated carbocycles. The normalized spacial score (nSPS) is 11.5. The Kier molecular flexibility index (Phi) is 4.36. The van der Waals surface area contributed by atoms with E-state index in [1.54, 1.807) is 6.07 Å². The molecule has 2 aromatic heterocycles. The second-order valence-corrected chi connectivity index (χ2v) is 6.99. The van der Waals surface area contributed by atoms with Crippen molar-refractivity contribution in [3.63, 3.8) is 0 Å². The maximum Gasteiger partial charge on any atom is 0.286 e. The highest BCUT2D eigenvalue weighted by atomic mass is 35.5.